The van der Waals surface area contributed by atoms with Gasteiger partial charge in [-0.2, -0.15) is 0 Å². The maximum atomic E-state index is 12.4. The Morgan fingerprint density at radius 3 is 2.75 bits per heavy atom. The monoisotopic (exact) mass is 362 g/mol. The van der Waals surface area contributed by atoms with E-state index in [1.54, 1.807) is 18.2 Å². The summed E-state index contributed by atoms with van der Waals surface area (Å²) in [7, 11) is -3.53. The second-order valence-electron chi connectivity index (χ2n) is 4.84. The number of hydrogen-bond acceptors (Lipinski definition) is 4. The zero-order valence-electron chi connectivity index (χ0n) is 11.3. The lowest BCUT2D eigenvalue weighted by molar-refractivity contribution is -0.00476. The molecule has 0 unspecified atom stereocenters. The fraction of sp³-hybridized carbons (Fsp3) is 0.538. The summed E-state index contributed by atoms with van der Waals surface area (Å²) in [5.74, 6) is 0. The standard InChI is InChI=1S/C13H19BrN2O3S/c1-2-19-11-6-10(7-11)16-20(17,18)13-5-9(8-15)3-4-12(13)14/h3-5,10-11,16H,2,6-8,15H2,1H3. The molecule has 0 amide bonds. The van der Waals surface area contributed by atoms with E-state index in [-0.39, 0.29) is 17.0 Å². The van der Waals surface area contributed by atoms with Crippen LogP contribution in [0.1, 0.15) is 25.3 Å². The summed E-state index contributed by atoms with van der Waals surface area (Å²) in [5, 5.41) is 0. The molecule has 5 nitrogen and oxygen atoms in total. The fourth-order valence-electron chi connectivity index (χ4n) is 2.20. The van der Waals surface area contributed by atoms with E-state index in [9.17, 15) is 8.42 Å². The summed E-state index contributed by atoms with van der Waals surface area (Å²) in [5.41, 5.74) is 6.34. The minimum absolute atomic E-state index is 0.0509. The van der Waals surface area contributed by atoms with Gasteiger partial charge in [0.25, 0.3) is 0 Å². The molecule has 20 heavy (non-hydrogen) atoms. The molecular formula is C13H19BrN2O3S. The highest BCUT2D eigenvalue weighted by molar-refractivity contribution is 9.10. The zero-order chi connectivity index (χ0) is 14.8. The van der Waals surface area contributed by atoms with Crippen molar-refractivity contribution in [2.75, 3.05) is 6.61 Å². The van der Waals surface area contributed by atoms with Gasteiger partial charge in [-0.3, -0.25) is 0 Å². The van der Waals surface area contributed by atoms with Crippen LogP contribution in [0.25, 0.3) is 0 Å². The Labute approximate surface area is 128 Å². The van der Waals surface area contributed by atoms with Crippen molar-refractivity contribution < 1.29 is 13.2 Å². The van der Waals surface area contributed by atoms with Crippen LogP contribution in [0.4, 0.5) is 0 Å². The molecule has 0 saturated heterocycles. The third-order valence-electron chi connectivity index (χ3n) is 3.34. The number of sulfonamides is 1. The van der Waals surface area contributed by atoms with Gasteiger partial charge in [0.05, 0.1) is 11.0 Å². The molecule has 7 heteroatoms. The van der Waals surface area contributed by atoms with Crippen molar-refractivity contribution in [1.29, 1.82) is 0 Å². The summed E-state index contributed by atoms with van der Waals surface area (Å²) < 4.78 is 33.4. The van der Waals surface area contributed by atoms with Gasteiger partial charge in [-0.15, -0.1) is 0 Å². The van der Waals surface area contributed by atoms with Crippen LogP contribution in [-0.4, -0.2) is 27.2 Å². The van der Waals surface area contributed by atoms with Gasteiger partial charge in [-0.1, -0.05) is 6.07 Å². The average molecular weight is 363 g/mol. The fourth-order valence-corrected chi connectivity index (χ4v) is 4.47. The van der Waals surface area contributed by atoms with Gasteiger partial charge in [-0.25, -0.2) is 13.1 Å². The summed E-state index contributed by atoms with van der Waals surface area (Å²) in [6.07, 6.45) is 1.62. The molecule has 1 aromatic rings. The van der Waals surface area contributed by atoms with Gasteiger partial charge in [0, 0.05) is 23.7 Å². The highest BCUT2D eigenvalue weighted by atomic mass is 79.9. The Morgan fingerprint density at radius 2 is 2.15 bits per heavy atom. The second kappa shape index (κ2) is 6.53. The molecule has 2 rings (SSSR count). The lowest BCUT2D eigenvalue weighted by atomic mass is 9.90. The predicted octanol–water partition coefficient (Wildman–Crippen LogP) is 1.75. The van der Waals surface area contributed by atoms with Crippen LogP contribution in [0.3, 0.4) is 0 Å². The van der Waals surface area contributed by atoms with Crippen molar-refractivity contribution in [1.82, 2.24) is 4.72 Å². The van der Waals surface area contributed by atoms with E-state index in [2.05, 4.69) is 20.7 Å². The molecular weight excluding hydrogens is 344 g/mol. The quantitative estimate of drug-likeness (QED) is 0.807. The highest BCUT2D eigenvalue weighted by Crippen LogP contribution is 2.28. The molecule has 0 heterocycles. The zero-order valence-corrected chi connectivity index (χ0v) is 13.7. The van der Waals surface area contributed by atoms with Crippen molar-refractivity contribution >= 4 is 26.0 Å². The number of rotatable bonds is 6. The molecule has 112 valence electrons. The van der Waals surface area contributed by atoms with Crippen LogP contribution in [-0.2, 0) is 21.3 Å². The smallest absolute Gasteiger partial charge is 0.241 e. The Balaban J connectivity index is 2.08. The molecule has 0 spiro atoms. The summed E-state index contributed by atoms with van der Waals surface area (Å²) in [4.78, 5) is 0.236. The molecule has 1 aromatic carbocycles. The third kappa shape index (κ3) is 3.59. The van der Waals surface area contributed by atoms with Gasteiger partial charge in [0.2, 0.25) is 10.0 Å². The SMILES string of the molecule is CCOC1CC(NS(=O)(=O)c2cc(CN)ccc2Br)C1. The average Bonchev–Trinajstić information content (AvgIpc) is 2.36. The Morgan fingerprint density at radius 1 is 1.45 bits per heavy atom. The molecule has 1 saturated carbocycles. The number of benzene rings is 1. The Bertz CT molecular complexity index is 571. The molecule has 1 aliphatic carbocycles. The van der Waals surface area contributed by atoms with Gasteiger partial charge in [-0.05, 0) is 53.4 Å². The van der Waals surface area contributed by atoms with Crippen molar-refractivity contribution in [3.63, 3.8) is 0 Å². The molecule has 0 radical (unpaired) electrons. The summed E-state index contributed by atoms with van der Waals surface area (Å²) in [6, 6.07) is 5.06. The van der Waals surface area contributed by atoms with Crippen LogP contribution in [0.15, 0.2) is 27.6 Å². The summed E-state index contributed by atoms with van der Waals surface area (Å²) >= 11 is 3.28. The predicted molar refractivity (Wildman–Crippen MR) is 80.8 cm³/mol. The molecule has 3 N–H and O–H groups in total. The number of nitrogens with one attached hydrogen (secondary N) is 1. The lowest BCUT2D eigenvalue weighted by Crippen LogP contribution is -2.47. The third-order valence-corrected chi connectivity index (χ3v) is 5.85. The van der Waals surface area contributed by atoms with Crippen LogP contribution in [0.5, 0.6) is 0 Å². The van der Waals surface area contributed by atoms with Crippen LogP contribution in [0, 0.1) is 0 Å². The normalized spacial score (nSPS) is 22.6. The van der Waals surface area contributed by atoms with E-state index in [1.165, 1.54) is 0 Å². The largest absolute Gasteiger partial charge is 0.378 e. The number of nitrogens with two attached hydrogens (primary N) is 1. The van der Waals surface area contributed by atoms with Crippen molar-refractivity contribution in [3.8, 4) is 0 Å². The minimum atomic E-state index is -3.53. The van der Waals surface area contributed by atoms with Crippen LogP contribution >= 0.6 is 15.9 Å². The van der Waals surface area contributed by atoms with Gasteiger partial charge in [0.1, 0.15) is 0 Å². The molecule has 1 fully saturated rings. The molecule has 0 atom stereocenters. The van der Waals surface area contributed by atoms with Gasteiger partial charge < -0.3 is 10.5 Å². The Kier molecular flexibility index (Phi) is 5.19. The molecule has 0 aliphatic heterocycles. The van der Waals surface area contributed by atoms with E-state index in [1.807, 2.05) is 6.92 Å². The van der Waals surface area contributed by atoms with Crippen LogP contribution in [0.2, 0.25) is 0 Å². The van der Waals surface area contributed by atoms with Crippen molar-refractivity contribution in [2.45, 2.75) is 43.4 Å². The second-order valence-corrected chi connectivity index (χ2v) is 7.37. The van der Waals surface area contributed by atoms with E-state index >= 15 is 0 Å². The first-order chi connectivity index (χ1) is 9.46. The molecule has 1 aliphatic rings. The molecule has 0 bridgehead atoms. The lowest BCUT2D eigenvalue weighted by Gasteiger charge is -2.35. The van der Waals surface area contributed by atoms with E-state index in [0.717, 1.165) is 18.4 Å². The van der Waals surface area contributed by atoms with E-state index < -0.39 is 10.0 Å². The highest BCUT2D eigenvalue weighted by Gasteiger charge is 2.33. The van der Waals surface area contributed by atoms with Gasteiger partial charge in [0.15, 0.2) is 0 Å². The van der Waals surface area contributed by atoms with E-state index in [4.69, 9.17) is 10.5 Å². The first-order valence-electron chi connectivity index (χ1n) is 6.58. The maximum absolute atomic E-state index is 12.4. The van der Waals surface area contributed by atoms with E-state index in [0.29, 0.717) is 17.6 Å². The summed E-state index contributed by atoms with van der Waals surface area (Å²) in [6.45, 7) is 2.91. The van der Waals surface area contributed by atoms with Gasteiger partial charge >= 0.3 is 0 Å². The Hall–Kier alpha value is -0.470. The first-order valence-corrected chi connectivity index (χ1v) is 8.86. The number of ether oxygens (including phenoxy) is 1. The molecule has 0 aromatic heterocycles. The number of halogens is 1. The minimum Gasteiger partial charge on any atom is -0.378 e. The topological polar surface area (TPSA) is 81.4 Å². The number of hydrogen-bond donors (Lipinski definition) is 2. The van der Waals surface area contributed by atoms with Crippen molar-refractivity contribution in [2.24, 2.45) is 5.73 Å². The van der Waals surface area contributed by atoms with Crippen molar-refractivity contribution in [3.05, 3.63) is 28.2 Å². The van der Waals surface area contributed by atoms with Crippen LogP contribution < -0.4 is 10.5 Å². The maximum Gasteiger partial charge on any atom is 0.241 e. The first kappa shape index (κ1) is 15.9.